The lowest BCUT2D eigenvalue weighted by atomic mass is 9.73. The molecule has 16 heteroatoms. The zero-order chi connectivity index (χ0) is 55.7. The van der Waals surface area contributed by atoms with Gasteiger partial charge in [0.2, 0.25) is 0 Å². The summed E-state index contributed by atoms with van der Waals surface area (Å²) in [4.78, 5) is 60.7. The highest BCUT2D eigenvalue weighted by Gasteiger charge is 2.49. The van der Waals surface area contributed by atoms with Gasteiger partial charge < -0.3 is 53.5 Å². The lowest BCUT2D eigenvalue weighted by Crippen LogP contribution is -2.32. The van der Waals surface area contributed by atoms with Crippen molar-refractivity contribution in [2.45, 2.75) is 187 Å². The highest BCUT2D eigenvalue weighted by atomic mass is 16.6. The molecule has 0 saturated heterocycles. The summed E-state index contributed by atoms with van der Waals surface area (Å²) in [5.74, 6) is 1.76. The third-order valence-corrected chi connectivity index (χ3v) is 15.6. The van der Waals surface area contributed by atoms with Gasteiger partial charge in [0.15, 0.2) is 13.2 Å². The van der Waals surface area contributed by atoms with E-state index in [4.69, 9.17) is 28.8 Å². The highest BCUT2D eigenvalue weighted by Crippen LogP contribution is 2.51. The number of hydrogen-bond donors (Lipinski definition) is 3. The zero-order valence-electron chi connectivity index (χ0n) is 47.4. The maximum Gasteiger partial charge on any atom is 0.409 e. The molecule has 0 aliphatic heterocycles. The summed E-state index contributed by atoms with van der Waals surface area (Å²) in [6.07, 6.45) is 16.7. The molecule has 76 heavy (non-hydrogen) atoms. The lowest BCUT2D eigenvalue weighted by molar-refractivity contribution is -0.146. The average Bonchev–Trinajstić information content (AvgIpc) is 3.89. The Kier molecular flexibility index (Phi) is 27.8. The van der Waals surface area contributed by atoms with E-state index in [0.717, 1.165) is 145 Å². The number of nitrogens with zero attached hydrogens (tertiary/aromatic N) is 2. The zero-order valence-corrected chi connectivity index (χ0v) is 47.4. The Morgan fingerprint density at radius 2 is 1.04 bits per heavy atom. The summed E-state index contributed by atoms with van der Waals surface area (Å²) in [7, 11) is 6.81. The number of esters is 2. The van der Waals surface area contributed by atoms with Gasteiger partial charge in [-0.25, -0.2) is 19.2 Å². The molecule has 4 aliphatic rings. The molecule has 0 heterocycles. The van der Waals surface area contributed by atoms with Crippen LogP contribution in [0.25, 0.3) is 0 Å². The molecule has 10 atom stereocenters. The van der Waals surface area contributed by atoms with Crippen LogP contribution in [0.1, 0.15) is 160 Å². The molecular formula is C60H94N2O14. The molecule has 0 bridgehead atoms. The van der Waals surface area contributed by atoms with Crippen molar-refractivity contribution in [2.24, 2.45) is 35.5 Å². The van der Waals surface area contributed by atoms with E-state index in [-0.39, 0.29) is 73.6 Å². The Morgan fingerprint density at radius 1 is 0.592 bits per heavy atom. The third kappa shape index (κ3) is 20.4. The second-order valence-corrected chi connectivity index (χ2v) is 21.8. The third-order valence-electron chi connectivity index (χ3n) is 15.6. The number of carboxylic acid groups (broad SMARTS) is 1. The maximum absolute atomic E-state index is 12.5. The summed E-state index contributed by atoms with van der Waals surface area (Å²) in [6, 6.07) is 11.9. The fourth-order valence-electron chi connectivity index (χ4n) is 11.7. The summed E-state index contributed by atoms with van der Waals surface area (Å²) >= 11 is 0. The Bertz CT molecular complexity index is 2100. The van der Waals surface area contributed by atoms with Crippen LogP contribution >= 0.6 is 0 Å². The van der Waals surface area contributed by atoms with E-state index in [2.05, 4.69) is 37.6 Å². The molecule has 0 unspecified atom stereocenters. The molecule has 2 aromatic rings. The molecule has 4 aliphatic carbocycles. The van der Waals surface area contributed by atoms with E-state index in [9.17, 15) is 34.2 Å². The van der Waals surface area contributed by atoms with Crippen LogP contribution in [0.5, 0.6) is 11.5 Å². The molecule has 2 amide bonds. The first-order valence-corrected chi connectivity index (χ1v) is 28.5. The molecule has 16 nitrogen and oxygen atoms in total. The fourth-order valence-corrected chi connectivity index (χ4v) is 11.7. The Hall–Kier alpha value is -5.09. The standard InChI is InChI=1S/C30H47NO6.C26H39NO6.C4H8O2/c1-5-7-9-12-23(32)14-15-24-25-17-21-11-10-13-27(36-20-29(33)35-16-8-6-2)26(21)18-22(25)19-28(24)37-30(34)31(3)4;1-4-5-6-9-19(28)11-12-20-21-13-17-8-7-10-23(32-16-25(29)30)22(17)14-18(21)15-24(20)33-26(31)27(2)3;1-3-6-4(2)5/h10-11,13,22-25,28,32H,5-9,12,14-20H2,1-4H3;7-8,10,18-21,24,28H,4-6,9,11-16H2,1-3H3,(H,29,30);3H2,1-2H3/t22-,23-,24+,25-,28+;18-,19-,20+,21-,24+;/m00./s1. The van der Waals surface area contributed by atoms with E-state index in [1.54, 1.807) is 35.1 Å². The first-order valence-electron chi connectivity index (χ1n) is 28.5. The van der Waals surface area contributed by atoms with Crippen LogP contribution < -0.4 is 9.47 Å². The minimum absolute atomic E-state index is 0.0874. The number of aliphatic hydroxyl groups excluding tert-OH is 2. The molecule has 0 aromatic heterocycles. The number of unbranched alkanes of at least 4 members (excludes halogenated alkanes) is 5. The van der Waals surface area contributed by atoms with Gasteiger partial charge in [0.1, 0.15) is 23.7 Å². The number of rotatable bonds is 26. The van der Waals surface area contributed by atoms with Crippen LogP contribution in [-0.2, 0) is 59.0 Å². The number of fused-ring (bicyclic) bond motifs is 4. The number of carbonyl (C=O) groups excluding carboxylic acids is 4. The normalized spacial score (nSPS) is 22.5. The number of hydrogen-bond acceptors (Lipinski definition) is 13. The van der Waals surface area contributed by atoms with Crippen molar-refractivity contribution >= 4 is 30.1 Å². The number of aliphatic hydroxyl groups is 2. The summed E-state index contributed by atoms with van der Waals surface area (Å²) < 4.78 is 33.0. The quantitative estimate of drug-likeness (QED) is 0.0455. The van der Waals surface area contributed by atoms with Crippen molar-refractivity contribution in [1.29, 1.82) is 0 Å². The fraction of sp³-hybridized carbons (Fsp3) is 0.717. The minimum Gasteiger partial charge on any atom is -0.482 e. The summed E-state index contributed by atoms with van der Waals surface area (Å²) in [5.41, 5.74) is 4.67. The molecule has 3 N–H and O–H groups in total. The SMILES string of the molecule is CCCCC[C@H](O)CC[C@@H]1[C@H]2Cc3cccc(OCC(=O)O)c3C[C@H]2C[C@H]1OC(=O)N(C)C.CCCCC[C@H](O)CC[C@@H]1[C@H]2Cc3cccc(OCC(=O)OCCCC)c3C[C@H]2C[C@H]1OC(=O)N(C)C.CCOC(C)=O. The van der Waals surface area contributed by atoms with Gasteiger partial charge in [-0.05, 0) is 160 Å². The highest BCUT2D eigenvalue weighted by molar-refractivity contribution is 5.71. The number of carbonyl (C=O) groups is 5. The molecule has 0 spiro atoms. The minimum atomic E-state index is -0.990. The molecule has 2 aromatic carbocycles. The van der Waals surface area contributed by atoms with Gasteiger partial charge >= 0.3 is 30.1 Å². The molecule has 2 saturated carbocycles. The van der Waals surface area contributed by atoms with Gasteiger partial charge in [-0.2, -0.15) is 0 Å². The largest absolute Gasteiger partial charge is 0.482 e. The number of amides is 2. The predicted octanol–water partition coefficient (Wildman–Crippen LogP) is 10.4. The second kappa shape index (κ2) is 33.3. The number of aliphatic carboxylic acids is 1. The van der Waals surface area contributed by atoms with Crippen LogP contribution in [0.2, 0.25) is 0 Å². The van der Waals surface area contributed by atoms with Crippen LogP contribution in [-0.4, -0.2) is 134 Å². The smallest absolute Gasteiger partial charge is 0.409 e. The van der Waals surface area contributed by atoms with E-state index in [1.807, 2.05) is 24.3 Å². The van der Waals surface area contributed by atoms with Gasteiger partial charge in [0, 0.05) is 35.1 Å². The van der Waals surface area contributed by atoms with E-state index in [0.29, 0.717) is 42.6 Å². The molecule has 0 radical (unpaired) electrons. The monoisotopic (exact) mass is 1070 g/mol. The van der Waals surface area contributed by atoms with E-state index in [1.165, 1.54) is 27.9 Å². The predicted molar refractivity (Wildman–Crippen MR) is 291 cm³/mol. The van der Waals surface area contributed by atoms with Crippen LogP contribution in [0.3, 0.4) is 0 Å². The Labute approximate surface area is 453 Å². The van der Waals surface area contributed by atoms with Gasteiger partial charge in [0.25, 0.3) is 0 Å². The van der Waals surface area contributed by atoms with Gasteiger partial charge in [-0.1, -0.05) is 90.0 Å². The molecular weight excluding hydrogens is 973 g/mol. The second-order valence-electron chi connectivity index (χ2n) is 21.8. The first-order chi connectivity index (χ1) is 36.4. The van der Waals surface area contributed by atoms with Crippen molar-refractivity contribution in [3.8, 4) is 11.5 Å². The van der Waals surface area contributed by atoms with Crippen LogP contribution in [0.15, 0.2) is 36.4 Å². The lowest BCUT2D eigenvalue weighted by Gasteiger charge is -2.33. The van der Waals surface area contributed by atoms with Crippen molar-refractivity contribution in [2.75, 3.05) is 54.6 Å². The number of carboxylic acids is 1. The van der Waals surface area contributed by atoms with Crippen LogP contribution in [0.4, 0.5) is 9.59 Å². The molecule has 428 valence electrons. The van der Waals surface area contributed by atoms with Gasteiger partial charge in [-0.3, -0.25) is 4.79 Å². The Morgan fingerprint density at radius 3 is 1.42 bits per heavy atom. The van der Waals surface area contributed by atoms with Gasteiger partial charge in [-0.15, -0.1) is 0 Å². The number of benzene rings is 2. The topological polar surface area (TPSA) is 208 Å². The molecule has 6 rings (SSSR count). The summed E-state index contributed by atoms with van der Waals surface area (Å²) in [5, 5.41) is 30.1. The van der Waals surface area contributed by atoms with Crippen LogP contribution in [0, 0.1) is 35.5 Å². The van der Waals surface area contributed by atoms with Crippen molar-refractivity contribution in [3.63, 3.8) is 0 Å². The Balaban J connectivity index is 0.000000298. The van der Waals surface area contributed by atoms with Crippen molar-refractivity contribution in [3.05, 3.63) is 58.7 Å². The maximum atomic E-state index is 12.5. The van der Waals surface area contributed by atoms with E-state index >= 15 is 0 Å². The van der Waals surface area contributed by atoms with Gasteiger partial charge in [0.05, 0.1) is 25.4 Å². The average molecular weight is 1070 g/mol. The first kappa shape index (κ1) is 63.4. The van der Waals surface area contributed by atoms with Crippen molar-refractivity contribution in [1.82, 2.24) is 9.80 Å². The molecule has 2 fully saturated rings. The summed E-state index contributed by atoms with van der Waals surface area (Å²) in [6.45, 7) is 10.0. The number of ether oxygens (including phenoxy) is 6. The van der Waals surface area contributed by atoms with E-state index < -0.39 is 5.97 Å². The van der Waals surface area contributed by atoms with Crippen molar-refractivity contribution < 1.29 is 67.7 Å².